The molecule has 0 atom stereocenters. The first kappa shape index (κ1) is 11.6. The largest absolute Gasteiger partial charge is 0.387 e. The van der Waals surface area contributed by atoms with E-state index < -0.39 is 0 Å². The monoisotopic (exact) mass is 226 g/mol. The van der Waals surface area contributed by atoms with Crippen LogP contribution in [0.5, 0.6) is 0 Å². The molecule has 2 rings (SSSR count). The summed E-state index contributed by atoms with van der Waals surface area (Å²) >= 11 is 0. The minimum Gasteiger partial charge on any atom is -0.387 e. The molecule has 88 valence electrons. The summed E-state index contributed by atoms with van der Waals surface area (Å²) in [6.07, 6.45) is 0.725. The number of amidine groups is 1. The van der Waals surface area contributed by atoms with E-state index in [0.717, 1.165) is 6.42 Å². The number of nitrogens with two attached hydrogens (primary N) is 1. The zero-order valence-electron chi connectivity index (χ0n) is 10.4. The van der Waals surface area contributed by atoms with Crippen LogP contribution >= 0.6 is 0 Å². The Balaban J connectivity index is 2.25. The molecule has 2 N–H and O–H groups in total. The lowest BCUT2D eigenvalue weighted by molar-refractivity contribution is 0.829. The molecule has 0 unspecified atom stereocenters. The molecule has 17 heavy (non-hydrogen) atoms. The highest BCUT2D eigenvalue weighted by atomic mass is 14.9. The highest BCUT2D eigenvalue weighted by Gasteiger charge is 2.00. The van der Waals surface area contributed by atoms with Crippen LogP contribution < -0.4 is 5.73 Å². The molecular weight excluding hydrogens is 208 g/mol. The van der Waals surface area contributed by atoms with Gasteiger partial charge in [-0.15, -0.1) is 0 Å². The van der Waals surface area contributed by atoms with Crippen molar-refractivity contribution >= 4 is 16.6 Å². The zero-order chi connectivity index (χ0) is 12.3. The molecule has 0 fully saturated rings. The van der Waals surface area contributed by atoms with E-state index in [9.17, 15) is 0 Å². The van der Waals surface area contributed by atoms with E-state index in [1.54, 1.807) is 0 Å². The van der Waals surface area contributed by atoms with Crippen LogP contribution in [0, 0.1) is 0 Å². The number of rotatable bonds is 3. The van der Waals surface area contributed by atoms with Gasteiger partial charge in [-0.1, -0.05) is 42.5 Å². The fourth-order valence-corrected chi connectivity index (χ4v) is 1.94. The SMILES string of the molecule is CC(C)N=C(N)Cc1ccc2ccccc2c1. The predicted molar refractivity (Wildman–Crippen MR) is 74.4 cm³/mol. The Morgan fingerprint density at radius 2 is 1.82 bits per heavy atom. The summed E-state index contributed by atoms with van der Waals surface area (Å²) in [4.78, 5) is 4.35. The van der Waals surface area contributed by atoms with Crippen LogP contribution in [-0.2, 0) is 6.42 Å². The summed E-state index contributed by atoms with van der Waals surface area (Å²) in [5.41, 5.74) is 7.11. The topological polar surface area (TPSA) is 38.4 Å². The van der Waals surface area contributed by atoms with Crippen molar-refractivity contribution in [3.05, 3.63) is 48.0 Å². The standard InChI is InChI=1S/C15H18N2/c1-11(2)17-15(16)10-12-7-8-13-5-3-4-6-14(13)9-12/h3-9,11H,10H2,1-2H3,(H2,16,17). The molecule has 2 heteroatoms. The first-order valence-electron chi connectivity index (χ1n) is 5.95. The molecule has 0 saturated carbocycles. The maximum absolute atomic E-state index is 5.90. The van der Waals surface area contributed by atoms with Gasteiger partial charge in [0.15, 0.2) is 0 Å². The normalized spacial score (nSPS) is 12.3. The van der Waals surface area contributed by atoms with Crippen molar-refractivity contribution in [3.8, 4) is 0 Å². The van der Waals surface area contributed by atoms with Crippen molar-refractivity contribution in [2.75, 3.05) is 0 Å². The molecule has 0 aliphatic heterocycles. The smallest absolute Gasteiger partial charge is 0.0984 e. The third-order valence-corrected chi connectivity index (χ3v) is 2.62. The third kappa shape index (κ3) is 3.06. The van der Waals surface area contributed by atoms with Crippen LogP contribution in [0.3, 0.4) is 0 Å². The van der Waals surface area contributed by atoms with E-state index >= 15 is 0 Å². The maximum Gasteiger partial charge on any atom is 0.0984 e. The summed E-state index contributed by atoms with van der Waals surface area (Å²) in [6.45, 7) is 4.07. The molecule has 0 aliphatic carbocycles. The van der Waals surface area contributed by atoms with E-state index in [-0.39, 0.29) is 6.04 Å². The van der Waals surface area contributed by atoms with Gasteiger partial charge >= 0.3 is 0 Å². The highest BCUT2D eigenvalue weighted by Crippen LogP contribution is 2.15. The van der Waals surface area contributed by atoms with Gasteiger partial charge in [0.1, 0.15) is 0 Å². The molecule has 0 heterocycles. The van der Waals surface area contributed by atoms with Crippen LogP contribution in [-0.4, -0.2) is 11.9 Å². The van der Waals surface area contributed by atoms with E-state index in [4.69, 9.17) is 5.73 Å². The Kier molecular flexibility index (Phi) is 3.43. The molecule has 0 radical (unpaired) electrons. The Bertz CT molecular complexity index is 541. The van der Waals surface area contributed by atoms with Crippen LogP contribution in [0.25, 0.3) is 10.8 Å². The average Bonchev–Trinajstić information content (AvgIpc) is 2.27. The van der Waals surface area contributed by atoms with E-state index in [2.05, 4.69) is 47.5 Å². The Morgan fingerprint density at radius 1 is 1.12 bits per heavy atom. The van der Waals surface area contributed by atoms with Crippen LogP contribution in [0.4, 0.5) is 0 Å². The van der Waals surface area contributed by atoms with Gasteiger partial charge in [0.2, 0.25) is 0 Å². The van der Waals surface area contributed by atoms with Gasteiger partial charge < -0.3 is 5.73 Å². The average molecular weight is 226 g/mol. The Labute approximate surface area is 102 Å². The minimum atomic E-state index is 0.260. The zero-order valence-corrected chi connectivity index (χ0v) is 10.4. The van der Waals surface area contributed by atoms with Crippen molar-refractivity contribution in [3.63, 3.8) is 0 Å². The fraction of sp³-hybridized carbons (Fsp3) is 0.267. The molecule has 2 aromatic rings. The number of hydrogen-bond acceptors (Lipinski definition) is 1. The van der Waals surface area contributed by atoms with E-state index in [1.807, 2.05) is 13.8 Å². The number of aliphatic imine (C=N–C) groups is 1. The van der Waals surface area contributed by atoms with Crippen molar-refractivity contribution in [1.82, 2.24) is 0 Å². The van der Waals surface area contributed by atoms with Crippen molar-refractivity contribution in [1.29, 1.82) is 0 Å². The predicted octanol–water partition coefficient (Wildman–Crippen LogP) is 3.15. The lowest BCUT2D eigenvalue weighted by atomic mass is 10.0. The van der Waals surface area contributed by atoms with Gasteiger partial charge in [-0.05, 0) is 30.2 Å². The van der Waals surface area contributed by atoms with Crippen LogP contribution in [0.1, 0.15) is 19.4 Å². The van der Waals surface area contributed by atoms with E-state index in [0.29, 0.717) is 5.84 Å². The maximum atomic E-state index is 5.90. The molecule has 0 spiro atoms. The van der Waals surface area contributed by atoms with Crippen LogP contribution in [0.15, 0.2) is 47.5 Å². The van der Waals surface area contributed by atoms with Gasteiger partial charge in [-0.3, -0.25) is 4.99 Å². The van der Waals surface area contributed by atoms with Gasteiger partial charge in [-0.25, -0.2) is 0 Å². The summed E-state index contributed by atoms with van der Waals surface area (Å²) in [7, 11) is 0. The van der Waals surface area contributed by atoms with Gasteiger partial charge in [0.25, 0.3) is 0 Å². The quantitative estimate of drug-likeness (QED) is 0.633. The number of nitrogens with zero attached hydrogens (tertiary/aromatic N) is 1. The summed E-state index contributed by atoms with van der Waals surface area (Å²) < 4.78 is 0. The lowest BCUT2D eigenvalue weighted by Gasteiger charge is -2.05. The summed E-state index contributed by atoms with van der Waals surface area (Å²) in [6, 6.07) is 15.0. The van der Waals surface area contributed by atoms with Crippen molar-refractivity contribution in [2.24, 2.45) is 10.7 Å². The highest BCUT2D eigenvalue weighted by molar-refractivity contribution is 5.86. The van der Waals surface area contributed by atoms with Gasteiger partial charge in [-0.2, -0.15) is 0 Å². The Morgan fingerprint density at radius 3 is 2.53 bits per heavy atom. The summed E-state index contributed by atoms with van der Waals surface area (Å²) in [5.74, 6) is 0.704. The number of fused-ring (bicyclic) bond motifs is 1. The molecule has 0 bridgehead atoms. The lowest BCUT2D eigenvalue weighted by Crippen LogP contribution is -2.17. The Hall–Kier alpha value is -1.83. The number of benzene rings is 2. The first-order chi connectivity index (χ1) is 8.15. The third-order valence-electron chi connectivity index (χ3n) is 2.62. The van der Waals surface area contributed by atoms with E-state index in [1.165, 1.54) is 16.3 Å². The number of hydrogen-bond donors (Lipinski definition) is 1. The van der Waals surface area contributed by atoms with Crippen LogP contribution in [0.2, 0.25) is 0 Å². The fourth-order valence-electron chi connectivity index (χ4n) is 1.94. The second-order valence-electron chi connectivity index (χ2n) is 4.57. The molecule has 0 aromatic heterocycles. The molecule has 0 saturated heterocycles. The molecule has 2 aromatic carbocycles. The second kappa shape index (κ2) is 5.00. The molecule has 0 amide bonds. The van der Waals surface area contributed by atoms with Gasteiger partial charge in [0.05, 0.1) is 5.84 Å². The van der Waals surface area contributed by atoms with Crippen molar-refractivity contribution in [2.45, 2.75) is 26.3 Å². The summed E-state index contributed by atoms with van der Waals surface area (Å²) in [5, 5.41) is 2.51. The minimum absolute atomic E-state index is 0.260. The molecule has 0 aliphatic rings. The van der Waals surface area contributed by atoms with Crippen molar-refractivity contribution < 1.29 is 0 Å². The second-order valence-corrected chi connectivity index (χ2v) is 4.57. The van der Waals surface area contributed by atoms with Gasteiger partial charge in [0, 0.05) is 12.5 Å². The molecule has 2 nitrogen and oxygen atoms in total. The molecular formula is C15H18N2. The first-order valence-corrected chi connectivity index (χ1v) is 5.95.